The Labute approximate surface area is 146 Å². The lowest BCUT2D eigenvalue weighted by Gasteiger charge is -2.08. The van der Waals surface area contributed by atoms with E-state index in [1.165, 1.54) is 5.56 Å². The van der Waals surface area contributed by atoms with Crippen molar-refractivity contribution in [2.45, 2.75) is 13.1 Å². The second-order valence-electron chi connectivity index (χ2n) is 5.27. The molecule has 1 aromatic heterocycles. The summed E-state index contributed by atoms with van der Waals surface area (Å²) in [6, 6.07) is 16.1. The maximum Gasteiger partial charge on any atom is 0.127 e. The number of nitrogens with zero attached hydrogens (tertiary/aromatic N) is 1. The summed E-state index contributed by atoms with van der Waals surface area (Å²) < 4.78 is 10.8. The number of hydrogen-bond acceptors (Lipinski definition) is 5. The van der Waals surface area contributed by atoms with Crippen LogP contribution in [0, 0.1) is 0 Å². The molecule has 124 valence electrons. The number of thiazole rings is 1. The minimum Gasteiger partial charge on any atom is -0.497 e. The molecule has 3 aromatic rings. The summed E-state index contributed by atoms with van der Waals surface area (Å²) >= 11 is 1.66. The molecule has 1 heterocycles. The Hall–Kier alpha value is -2.37. The standard InChI is InChI=1S/C19H20N2O2S/c1-22-15-8-9-17(23-2)16(10-15)18-12-21-19(24-18)13-20-11-14-6-4-3-5-7-14/h3-10,12,20H,11,13H2,1-2H3. The Morgan fingerprint density at radius 3 is 2.58 bits per heavy atom. The molecule has 0 aliphatic heterocycles. The molecule has 0 radical (unpaired) electrons. The second-order valence-corrected chi connectivity index (χ2v) is 6.39. The van der Waals surface area contributed by atoms with Crippen LogP contribution in [0.25, 0.3) is 10.4 Å². The van der Waals surface area contributed by atoms with Crippen LogP contribution < -0.4 is 14.8 Å². The van der Waals surface area contributed by atoms with E-state index in [0.29, 0.717) is 0 Å². The van der Waals surface area contributed by atoms with Gasteiger partial charge in [0.25, 0.3) is 0 Å². The number of rotatable bonds is 7. The lowest BCUT2D eigenvalue weighted by atomic mass is 10.1. The number of methoxy groups -OCH3 is 2. The van der Waals surface area contributed by atoms with E-state index in [4.69, 9.17) is 9.47 Å². The smallest absolute Gasteiger partial charge is 0.127 e. The zero-order chi connectivity index (χ0) is 16.8. The molecule has 0 unspecified atom stereocenters. The van der Waals surface area contributed by atoms with E-state index < -0.39 is 0 Å². The molecule has 4 nitrogen and oxygen atoms in total. The molecule has 0 fully saturated rings. The topological polar surface area (TPSA) is 43.4 Å². The summed E-state index contributed by atoms with van der Waals surface area (Å²) in [4.78, 5) is 5.59. The largest absolute Gasteiger partial charge is 0.497 e. The van der Waals surface area contributed by atoms with Crippen LogP contribution >= 0.6 is 11.3 Å². The van der Waals surface area contributed by atoms with Gasteiger partial charge in [-0.2, -0.15) is 0 Å². The van der Waals surface area contributed by atoms with Crippen molar-refractivity contribution in [2.75, 3.05) is 14.2 Å². The summed E-state index contributed by atoms with van der Waals surface area (Å²) in [5.41, 5.74) is 2.27. The summed E-state index contributed by atoms with van der Waals surface area (Å²) in [5.74, 6) is 1.63. The van der Waals surface area contributed by atoms with Gasteiger partial charge in [-0.3, -0.25) is 0 Å². The molecule has 0 saturated heterocycles. The predicted molar refractivity (Wildman–Crippen MR) is 97.6 cm³/mol. The van der Waals surface area contributed by atoms with E-state index in [-0.39, 0.29) is 0 Å². The van der Waals surface area contributed by atoms with E-state index in [1.54, 1.807) is 25.6 Å². The SMILES string of the molecule is COc1ccc(OC)c(-c2cnc(CNCc3ccccc3)s2)c1. The molecule has 0 aliphatic rings. The Morgan fingerprint density at radius 1 is 1.00 bits per heavy atom. The van der Waals surface area contributed by atoms with Crippen molar-refractivity contribution in [3.05, 3.63) is 65.3 Å². The fraction of sp³-hybridized carbons (Fsp3) is 0.211. The normalized spacial score (nSPS) is 10.6. The van der Waals surface area contributed by atoms with Gasteiger partial charge in [0.15, 0.2) is 0 Å². The highest BCUT2D eigenvalue weighted by Gasteiger charge is 2.11. The number of aromatic nitrogens is 1. The average Bonchev–Trinajstić information content (AvgIpc) is 3.11. The van der Waals surface area contributed by atoms with Crippen LogP contribution in [-0.2, 0) is 13.1 Å². The van der Waals surface area contributed by atoms with Crippen LogP contribution in [-0.4, -0.2) is 19.2 Å². The third-order valence-corrected chi connectivity index (χ3v) is 4.70. The maximum absolute atomic E-state index is 5.46. The summed E-state index contributed by atoms with van der Waals surface area (Å²) in [5, 5.41) is 4.47. The molecule has 0 amide bonds. The minimum atomic E-state index is 0.742. The first kappa shape index (κ1) is 16.5. The lowest BCUT2D eigenvalue weighted by molar-refractivity contribution is 0.404. The van der Waals surface area contributed by atoms with Crippen molar-refractivity contribution in [1.82, 2.24) is 10.3 Å². The van der Waals surface area contributed by atoms with Crippen molar-refractivity contribution in [3.63, 3.8) is 0 Å². The van der Waals surface area contributed by atoms with Gasteiger partial charge in [0.1, 0.15) is 16.5 Å². The predicted octanol–water partition coefficient (Wildman–Crippen LogP) is 4.12. The van der Waals surface area contributed by atoms with Crippen molar-refractivity contribution >= 4 is 11.3 Å². The van der Waals surface area contributed by atoms with Gasteiger partial charge in [-0.25, -0.2) is 4.98 Å². The monoisotopic (exact) mass is 340 g/mol. The summed E-state index contributed by atoms with van der Waals surface area (Å²) in [7, 11) is 3.34. The molecular weight excluding hydrogens is 320 g/mol. The van der Waals surface area contributed by atoms with Gasteiger partial charge in [0, 0.05) is 24.8 Å². The van der Waals surface area contributed by atoms with Crippen LogP contribution in [0.15, 0.2) is 54.7 Å². The van der Waals surface area contributed by atoms with E-state index >= 15 is 0 Å². The molecule has 0 aliphatic carbocycles. The van der Waals surface area contributed by atoms with Crippen molar-refractivity contribution in [2.24, 2.45) is 0 Å². The maximum atomic E-state index is 5.46. The van der Waals surface area contributed by atoms with Crippen molar-refractivity contribution in [3.8, 4) is 21.9 Å². The van der Waals surface area contributed by atoms with E-state index in [2.05, 4.69) is 22.4 Å². The molecule has 3 rings (SSSR count). The number of ether oxygens (including phenoxy) is 2. The molecule has 2 aromatic carbocycles. The quantitative estimate of drug-likeness (QED) is 0.703. The minimum absolute atomic E-state index is 0.742. The third kappa shape index (κ3) is 3.93. The molecule has 0 saturated carbocycles. The summed E-state index contributed by atoms with van der Waals surface area (Å²) in [6.45, 7) is 1.57. The highest BCUT2D eigenvalue weighted by Crippen LogP contribution is 2.36. The van der Waals surface area contributed by atoms with E-state index in [1.807, 2.05) is 42.6 Å². The molecule has 0 atom stereocenters. The first-order valence-corrected chi connectivity index (χ1v) is 8.53. The number of hydrogen-bond donors (Lipinski definition) is 1. The Bertz CT molecular complexity index is 787. The van der Waals surface area contributed by atoms with Gasteiger partial charge in [-0.05, 0) is 23.8 Å². The lowest BCUT2D eigenvalue weighted by Crippen LogP contribution is -2.12. The van der Waals surface area contributed by atoms with E-state index in [0.717, 1.165) is 40.0 Å². The van der Waals surface area contributed by atoms with Crippen molar-refractivity contribution < 1.29 is 9.47 Å². The van der Waals surface area contributed by atoms with Gasteiger partial charge < -0.3 is 14.8 Å². The highest BCUT2D eigenvalue weighted by molar-refractivity contribution is 7.15. The fourth-order valence-corrected chi connectivity index (χ4v) is 3.34. The Kier molecular flexibility index (Phi) is 5.46. The summed E-state index contributed by atoms with van der Waals surface area (Å²) in [6.07, 6.45) is 1.89. The first-order valence-electron chi connectivity index (χ1n) is 7.72. The molecule has 1 N–H and O–H groups in total. The Morgan fingerprint density at radius 2 is 1.83 bits per heavy atom. The van der Waals surface area contributed by atoms with E-state index in [9.17, 15) is 0 Å². The van der Waals surface area contributed by atoms with Crippen LogP contribution in [0.1, 0.15) is 10.6 Å². The highest BCUT2D eigenvalue weighted by atomic mass is 32.1. The molecule has 5 heteroatoms. The third-order valence-electron chi connectivity index (χ3n) is 3.67. The van der Waals surface area contributed by atoms with Gasteiger partial charge >= 0.3 is 0 Å². The van der Waals surface area contributed by atoms with Gasteiger partial charge in [0.05, 0.1) is 19.1 Å². The fourth-order valence-electron chi connectivity index (χ4n) is 2.43. The van der Waals surface area contributed by atoms with Gasteiger partial charge in [-0.1, -0.05) is 30.3 Å². The van der Waals surface area contributed by atoms with Crippen LogP contribution in [0.2, 0.25) is 0 Å². The van der Waals surface area contributed by atoms with Crippen molar-refractivity contribution in [1.29, 1.82) is 0 Å². The Balaban J connectivity index is 1.69. The van der Waals surface area contributed by atoms with Crippen LogP contribution in [0.4, 0.5) is 0 Å². The van der Waals surface area contributed by atoms with Gasteiger partial charge in [-0.15, -0.1) is 11.3 Å². The number of benzene rings is 2. The molecule has 24 heavy (non-hydrogen) atoms. The zero-order valence-corrected chi connectivity index (χ0v) is 14.6. The zero-order valence-electron chi connectivity index (χ0n) is 13.8. The molecular formula is C19H20N2O2S. The second kappa shape index (κ2) is 7.95. The molecule has 0 spiro atoms. The van der Waals surface area contributed by atoms with Gasteiger partial charge in [0.2, 0.25) is 0 Å². The van der Waals surface area contributed by atoms with Crippen LogP contribution in [0.5, 0.6) is 11.5 Å². The average molecular weight is 340 g/mol. The molecule has 0 bridgehead atoms. The first-order chi connectivity index (χ1) is 11.8. The van der Waals surface area contributed by atoms with Crippen LogP contribution in [0.3, 0.4) is 0 Å². The number of nitrogens with one attached hydrogen (secondary N) is 1.